The smallest absolute Gasteiger partial charge is 0.252 e. The van der Waals surface area contributed by atoms with E-state index in [-0.39, 0.29) is 6.71 Å². The maximum atomic E-state index is 2.63. The molecule has 0 fully saturated rings. The van der Waals surface area contributed by atoms with Crippen LogP contribution in [0.1, 0.15) is 0 Å². The zero-order valence-electron chi connectivity index (χ0n) is 45.3. The Hall–Kier alpha value is -10.9. The lowest BCUT2D eigenvalue weighted by Crippen LogP contribution is -2.61. The zero-order chi connectivity index (χ0) is 54.5. The van der Waals surface area contributed by atoms with Crippen molar-refractivity contribution in [3.8, 4) is 55.9 Å². The van der Waals surface area contributed by atoms with Gasteiger partial charge in [-0.25, -0.2) is 0 Å². The summed E-state index contributed by atoms with van der Waals surface area (Å²) >= 11 is 0. The molecule has 0 amide bonds. The lowest BCUT2D eigenvalue weighted by atomic mass is 9.33. The van der Waals surface area contributed by atoms with Gasteiger partial charge in [0.25, 0.3) is 6.71 Å². The number of rotatable bonds is 8. The Morgan fingerprint density at radius 3 is 1.10 bits per heavy atom. The van der Waals surface area contributed by atoms with E-state index >= 15 is 0 Å². The maximum Gasteiger partial charge on any atom is 0.252 e. The van der Waals surface area contributed by atoms with Crippen molar-refractivity contribution < 1.29 is 0 Å². The molecule has 0 spiro atoms. The molecular formula is C78H51BN4. The summed E-state index contributed by atoms with van der Waals surface area (Å²) < 4.78 is 5.03. The van der Waals surface area contributed by atoms with Crippen LogP contribution in [-0.4, -0.2) is 15.8 Å². The number of aromatic nitrogens is 2. The standard InChI is InChI=1S/C78H51BN4/c1-5-25-52(26-6-1)56-45-46-73-65(47-56)79-66-50-64(55-31-11-4-12-32-55)74(81-71-43-23-17-37-62(71)63-38-18-24-44-72(63)81)51-75(66)83(68-40-20-14-34-59(68)54-29-9-3-10-30-54)77-49-57(80-69-41-21-15-35-60(69)61-36-16-22-42-70(61)80)48-76(78(77)79)82(73)67-39-19-13-33-58(67)53-27-7-2-8-28-53/h1-51H. The summed E-state index contributed by atoms with van der Waals surface area (Å²) in [5, 5.41) is 4.89. The van der Waals surface area contributed by atoms with Crippen molar-refractivity contribution in [1.82, 2.24) is 9.13 Å². The van der Waals surface area contributed by atoms with Crippen LogP contribution in [0.4, 0.5) is 34.1 Å². The molecule has 15 aromatic rings. The molecule has 17 rings (SSSR count). The van der Waals surface area contributed by atoms with Gasteiger partial charge in [0.2, 0.25) is 0 Å². The number of hydrogen-bond acceptors (Lipinski definition) is 2. The third-order valence-corrected chi connectivity index (χ3v) is 17.5. The molecule has 2 aromatic heterocycles. The SMILES string of the molecule is c1ccc(-c2ccc3c(c2)B2c4cc(-c5ccccc5)c(-n5c6ccccc6c6ccccc65)cc4N(c4ccccc4-c4ccccc4)c4cc(-n5c6ccccc6c6ccccc65)cc(c42)N3c2ccccc2-c2ccccc2)cc1. The van der Waals surface area contributed by atoms with Gasteiger partial charge in [0.15, 0.2) is 0 Å². The van der Waals surface area contributed by atoms with Crippen LogP contribution in [0.5, 0.6) is 0 Å². The molecule has 4 nitrogen and oxygen atoms in total. The number of nitrogens with zero attached hydrogens (tertiary/aromatic N) is 4. The number of benzene rings is 13. The van der Waals surface area contributed by atoms with Crippen LogP contribution in [0.3, 0.4) is 0 Å². The van der Waals surface area contributed by atoms with E-state index in [1.165, 1.54) is 49.1 Å². The molecule has 83 heavy (non-hydrogen) atoms. The van der Waals surface area contributed by atoms with Gasteiger partial charge in [-0.05, 0) is 105 Å². The second-order valence-corrected chi connectivity index (χ2v) is 21.9. The summed E-state index contributed by atoms with van der Waals surface area (Å²) in [6.07, 6.45) is 0. The Morgan fingerprint density at radius 1 is 0.217 bits per heavy atom. The van der Waals surface area contributed by atoms with E-state index in [1.807, 2.05) is 0 Å². The highest BCUT2D eigenvalue weighted by atomic mass is 15.2. The molecule has 0 saturated heterocycles. The van der Waals surface area contributed by atoms with Crippen molar-refractivity contribution >= 4 is 101 Å². The first-order chi connectivity index (χ1) is 41.2. The molecule has 0 atom stereocenters. The molecule has 0 unspecified atom stereocenters. The fourth-order valence-electron chi connectivity index (χ4n) is 14.0. The molecular weight excluding hydrogens is 1000 g/mol. The van der Waals surface area contributed by atoms with E-state index in [4.69, 9.17) is 0 Å². The minimum absolute atomic E-state index is 0.212. The Bertz CT molecular complexity index is 4940. The van der Waals surface area contributed by atoms with Gasteiger partial charge in [-0.1, -0.05) is 249 Å². The first kappa shape index (κ1) is 47.0. The summed E-state index contributed by atoms with van der Waals surface area (Å²) in [7, 11) is 0. The Labute approximate surface area is 482 Å². The minimum atomic E-state index is -0.212. The van der Waals surface area contributed by atoms with Gasteiger partial charge >= 0.3 is 0 Å². The van der Waals surface area contributed by atoms with Gasteiger partial charge in [-0.2, -0.15) is 0 Å². The fourth-order valence-corrected chi connectivity index (χ4v) is 14.0. The summed E-state index contributed by atoms with van der Waals surface area (Å²) in [4.78, 5) is 5.22. The summed E-state index contributed by atoms with van der Waals surface area (Å²) in [6.45, 7) is -0.212. The molecule has 2 aliphatic heterocycles. The Balaban J connectivity index is 1.07. The molecule has 0 aliphatic carbocycles. The van der Waals surface area contributed by atoms with Crippen molar-refractivity contribution in [2.45, 2.75) is 0 Å². The quantitative estimate of drug-likeness (QED) is 0.141. The van der Waals surface area contributed by atoms with Crippen LogP contribution in [0.15, 0.2) is 309 Å². The summed E-state index contributed by atoms with van der Waals surface area (Å²) in [5.74, 6) is 0. The molecule has 0 radical (unpaired) electrons. The number of hydrogen-bond donors (Lipinski definition) is 0. The van der Waals surface area contributed by atoms with E-state index in [9.17, 15) is 0 Å². The predicted octanol–water partition coefficient (Wildman–Crippen LogP) is 18.6. The van der Waals surface area contributed by atoms with Gasteiger partial charge in [0.05, 0.1) is 44.8 Å². The second kappa shape index (κ2) is 18.9. The van der Waals surface area contributed by atoms with Gasteiger partial charge in [0.1, 0.15) is 0 Å². The Kier molecular flexibility index (Phi) is 10.7. The third kappa shape index (κ3) is 7.28. The molecule has 0 bridgehead atoms. The highest BCUT2D eigenvalue weighted by Gasteiger charge is 2.45. The van der Waals surface area contributed by atoms with Crippen LogP contribution in [0.2, 0.25) is 0 Å². The summed E-state index contributed by atoms with van der Waals surface area (Å²) in [5.41, 5.74) is 26.6. The van der Waals surface area contributed by atoms with Crippen LogP contribution in [-0.2, 0) is 0 Å². The monoisotopic (exact) mass is 1050 g/mol. The summed E-state index contributed by atoms with van der Waals surface area (Å²) in [6, 6.07) is 115. The molecule has 0 N–H and O–H groups in total. The van der Waals surface area contributed by atoms with E-state index in [1.54, 1.807) is 0 Å². The van der Waals surface area contributed by atoms with Gasteiger partial charge < -0.3 is 18.9 Å². The highest BCUT2D eigenvalue weighted by molar-refractivity contribution is 7.00. The molecule has 5 heteroatoms. The largest absolute Gasteiger partial charge is 0.311 e. The number of para-hydroxylation sites is 6. The van der Waals surface area contributed by atoms with E-state index in [0.717, 1.165) is 101 Å². The average molecular weight is 1060 g/mol. The normalized spacial score (nSPS) is 12.5. The number of fused-ring (bicyclic) bond motifs is 10. The minimum Gasteiger partial charge on any atom is -0.311 e. The predicted molar refractivity (Wildman–Crippen MR) is 351 cm³/mol. The number of anilines is 6. The van der Waals surface area contributed by atoms with Crippen LogP contribution >= 0.6 is 0 Å². The zero-order valence-corrected chi connectivity index (χ0v) is 45.3. The van der Waals surface area contributed by atoms with E-state index in [2.05, 4.69) is 328 Å². The molecule has 2 aliphatic rings. The average Bonchev–Trinajstić information content (AvgIpc) is 4.09. The topological polar surface area (TPSA) is 16.3 Å². The molecule has 4 heterocycles. The molecule has 386 valence electrons. The van der Waals surface area contributed by atoms with Crippen molar-refractivity contribution in [3.05, 3.63) is 309 Å². The van der Waals surface area contributed by atoms with Gasteiger partial charge in [-0.15, -0.1) is 0 Å². The second-order valence-electron chi connectivity index (χ2n) is 21.9. The maximum absolute atomic E-state index is 2.63. The van der Waals surface area contributed by atoms with E-state index in [0.29, 0.717) is 0 Å². The first-order valence-corrected chi connectivity index (χ1v) is 28.7. The van der Waals surface area contributed by atoms with Crippen LogP contribution < -0.4 is 26.2 Å². The fraction of sp³-hybridized carbons (Fsp3) is 0. The molecule has 13 aromatic carbocycles. The van der Waals surface area contributed by atoms with Crippen LogP contribution in [0.25, 0.3) is 99.5 Å². The third-order valence-electron chi connectivity index (χ3n) is 17.5. The van der Waals surface area contributed by atoms with E-state index < -0.39 is 0 Å². The lowest BCUT2D eigenvalue weighted by Gasteiger charge is -2.45. The highest BCUT2D eigenvalue weighted by Crippen LogP contribution is 2.51. The van der Waals surface area contributed by atoms with Crippen molar-refractivity contribution in [3.63, 3.8) is 0 Å². The van der Waals surface area contributed by atoms with Crippen LogP contribution in [0, 0.1) is 0 Å². The van der Waals surface area contributed by atoms with Crippen molar-refractivity contribution in [2.24, 2.45) is 0 Å². The van der Waals surface area contributed by atoms with Gasteiger partial charge in [-0.3, -0.25) is 0 Å². The Morgan fingerprint density at radius 2 is 0.602 bits per heavy atom. The van der Waals surface area contributed by atoms with Gasteiger partial charge in [0, 0.05) is 61.0 Å². The molecule has 0 saturated carbocycles. The lowest BCUT2D eigenvalue weighted by molar-refractivity contribution is 1.15. The van der Waals surface area contributed by atoms with Crippen molar-refractivity contribution in [2.75, 3.05) is 9.80 Å². The first-order valence-electron chi connectivity index (χ1n) is 28.7. The van der Waals surface area contributed by atoms with Crippen molar-refractivity contribution in [1.29, 1.82) is 0 Å².